The summed E-state index contributed by atoms with van der Waals surface area (Å²) in [7, 11) is 0. The summed E-state index contributed by atoms with van der Waals surface area (Å²) in [6.07, 6.45) is 5.35. The van der Waals surface area contributed by atoms with Crippen LogP contribution < -0.4 is 5.73 Å². The van der Waals surface area contributed by atoms with Crippen LogP contribution >= 0.6 is 0 Å². The minimum absolute atomic E-state index is 0.577. The van der Waals surface area contributed by atoms with Crippen molar-refractivity contribution in [2.75, 3.05) is 0 Å². The van der Waals surface area contributed by atoms with E-state index in [1.165, 1.54) is 11.8 Å². The van der Waals surface area contributed by atoms with Crippen LogP contribution in [0, 0.1) is 5.92 Å². The zero-order chi connectivity index (χ0) is 9.56. The average molecular weight is 165 g/mol. The molecule has 0 radical (unpaired) electrons. The molecule has 1 heteroatoms. The van der Waals surface area contributed by atoms with Crippen molar-refractivity contribution in [1.29, 1.82) is 0 Å². The highest BCUT2D eigenvalue weighted by Gasteiger charge is 2.03. The molecular weight excluding hydrogens is 146 g/mol. The molecule has 0 aliphatic heterocycles. The average Bonchev–Trinajstić information content (AvgIpc) is 2.03. The molecule has 0 aromatic rings. The van der Waals surface area contributed by atoms with Crippen molar-refractivity contribution in [3.8, 4) is 0 Å². The van der Waals surface area contributed by atoms with Crippen molar-refractivity contribution in [2.24, 2.45) is 11.7 Å². The lowest BCUT2D eigenvalue weighted by molar-refractivity contribution is 0.642. The largest absolute Gasteiger partial charge is 0.405 e. The van der Waals surface area contributed by atoms with Crippen LogP contribution in [0.4, 0.5) is 0 Å². The Morgan fingerprint density at radius 2 is 2.08 bits per heavy atom. The van der Waals surface area contributed by atoms with Gasteiger partial charge in [0.15, 0.2) is 0 Å². The van der Waals surface area contributed by atoms with E-state index in [9.17, 15) is 0 Å². The lowest BCUT2D eigenvalue weighted by atomic mass is 9.94. The Kier molecular flexibility index (Phi) is 5.18. The summed E-state index contributed by atoms with van der Waals surface area (Å²) >= 11 is 0. The molecule has 12 heavy (non-hydrogen) atoms. The van der Waals surface area contributed by atoms with Crippen molar-refractivity contribution in [3.05, 3.63) is 36.6 Å². The van der Waals surface area contributed by atoms with Gasteiger partial charge in [-0.15, -0.1) is 0 Å². The number of hydrogen-bond acceptors (Lipinski definition) is 1. The minimum atomic E-state index is 0.577. The fourth-order valence-electron chi connectivity index (χ4n) is 0.950. The van der Waals surface area contributed by atoms with E-state index in [2.05, 4.69) is 27.0 Å². The van der Waals surface area contributed by atoms with Crippen molar-refractivity contribution >= 4 is 0 Å². The van der Waals surface area contributed by atoms with Crippen molar-refractivity contribution < 1.29 is 0 Å². The Hall–Kier alpha value is -0.980. The summed E-state index contributed by atoms with van der Waals surface area (Å²) in [5, 5.41) is 0. The summed E-state index contributed by atoms with van der Waals surface area (Å²) < 4.78 is 0. The van der Waals surface area contributed by atoms with Crippen molar-refractivity contribution in [1.82, 2.24) is 0 Å². The normalized spacial score (nSPS) is 13.2. The van der Waals surface area contributed by atoms with E-state index in [4.69, 9.17) is 5.73 Å². The van der Waals surface area contributed by atoms with Crippen LogP contribution in [-0.2, 0) is 0 Å². The maximum absolute atomic E-state index is 5.24. The first-order valence-electron chi connectivity index (χ1n) is 4.35. The molecule has 0 aromatic heterocycles. The van der Waals surface area contributed by atoms with Crippen LogP contribution in [0.25, 0.3) is 0 Å². The van der Waals surface area contributed by atoms with Crippen molar-refractivity contribution in [3.63, 3.8) is 0 Å². The molecule has 0 aromatic carbocycles. The summed E-state index contributed by atoms with van der Waals surface area (Å²) in [5.74, 6) is 0.577. The number of rotatable bonds is 5. The quantitative estimate of drug-likeness (QED) is 0.492. The summed E-state index contributed by atoms with van der Waals surface area (Å²) in [6, 6.07) is 0. The van der Waals surface area contributed by atoms with Crippen LogP contribution in [0.15, 0.2) is 36.6 Å². The molecule has 1 unspecified atom stereocenters. The molecule has 0 fully saturated rings. The van der Waals surface area contributed by atoms with Gasteiger partial charge in [-0.05, 0) is 36.6 Å². The van der Waals surface area contributed by atoms with Gasteiger partial charge in [0, 0.05) is 0 Å². The summed E-state index contributed by atoms with van der Waals surface area (Å²) in [4.78, 5) is 0. The van der Waals surface area contributed by atoms with Crippen LogP contribution in [0.1, 0.15) is 26.7 Å². The topological polar surface area (TPSA) is 26.0 Å². The second kappa shape index (κ2) is 5.64. The van der Waals surface area contributed by atoms with Gasteiger partial charge < -0.3 is 5.73 Å². The molecule has 0 bridgehead atoms. The molecule has 1 atom stereocenters. The van der Waals surface area contributed by atoms with Gasteiger partial charge in [0.2, 0.25) is 0 Å². The van der Waals surface area contributed by atoms with Crippen molar-refractivity contribution in [2.45, 2.75) is 26.7 Å². The maximum Gasteiger partial charge on any atom is -0.00597 e. The first-order chi connectivity index (χ1) is 5.61. The minimum Gasteiger partial charge on any atom is -0.405 e. The van der Waals surface area contributed by atoms with Gasteiger partial charge >= 0.3 is 0 Å². The molecular formula is C11H19N. The van der Waals surface area contributed by atoms with E-state index >= 15 is 0 Å². The predicted molar refractivity (Wildman–Crippen MR) is 55.7 cm³/mol. The van der Waals surface area contributed by atoms with Gasteiger partial charge in [-0.25, -0.2) is 0 Å². The molecule has 0 amide bonds. The van der Waals surface area contributed by atoms with Crippen LogP contribution in [-0.4, -0.2) is 0 Å². The Balaban J connectivity index is 3.92. The van der Waals surface area contributed by atoms with Crippen LogP contribution in [0.3, 0.4) is 0 Å². The Morgan fingerprint density at radius 3 is 2.50 bits per heavy atom. The fourth-order valence-corrected chi connectivity index (χ4v) is 0.950. The molecule has 0 saturated carbocycles. The lowest BCUT2D eigenvalue weighted by Crippen LogP contribution is -1.97. The maximum atomic E-state index is 5.24. The highest BCUT2D eigenvalue weighted by atomic mass is 14.5. The SMILES string of the molecule is C=C(/C=C\N)CC(=C)C(C)CC. The van der Waals surface area contributed by atoms with Crippen LogP contribution in [0.5, 0.6) is 0 Å². The van der Waals surface area contributed by atoms with E-state index in [1.807, 2.05) is 6.08 Å². The first-order valence-corrected chi connectivity index (χ1v) is 4.35. The third-order valence-electron chi connectivity index (χ3n) is 2.10. The van der Waals surface area contributed by atoms with E-state index in [1.54, 1.807) is 0 Å². The van der Waals surface area contributed by atoms with Gasteiger partial charge in [-0.1, -0.05) is 32.6 Å². The molecule has 0 heterocycles. The molecule has 0 aliphatic rings. The molecule has 2 N–H and O–H groups in total. The smallest absolute Gasteiger partial charge is 0.00597 e. The summed E-state index contributed by atoms with van der Waals surface area (Å²) in [6.45, 7) is 12.2. The standard InChI is InChI=1S/C11H19N/c1-5-10(3)11(4)8-9(2)6-7-12/h6-7,10H,2,4-5,8,12H2,1,3H3/b7-6-. The molecule has 0 aliphatic carbocycles. The number of nitrogens with two attached hydrogens (primary N) is 1. The second-order valence-electron chi connectivity index (χ2n) is 3.16. The van der Waals surface area contributed by atoms with Gasteiger partial charge in [0.1, 0.15) is 0 Å². The third kappa shape index (κ3) is 4.02. The molecule has 1 nitrogen and oxygen atoms in total. The fraction of sp³-hybridized carbons (Fsp3) is 0.455. The zero-order valence-electron chi connectivity index (χ0n) is 8.14. The highest BCUT2D eigenvalue weighted by Crippen LogP contribution is 2.19. The monoisotopic (exact) mass is 165 g/mol. The summed E-state index contributed by atoms with van der Waals surface area (Å²) in [5.41, 5.74) is 7.51. The number of hydrogen-bond donors (Lipinski definition) is 1. The Bertz CT molecular complexity index is 189. The molecule has 0 spiro atoms. The van der Waals surface area contributed by atoms with E-state index in [0.717, 1.165) is 18.4 Å². The van der Waals surface area contributed by atoms with E-state index < -0.39 is 0 Å². The third-order valence-corrected chi connectivity index (χ3v) is 2.10. The highest BCUT2D eigenvalue weighted by molar-refractivity contribution is 5.21. The second-order valence-corrected chi connectivity index (χ2v) is 3.16. The number of allylic oxidation sites excluding steroid dienone is 3. The van der Waals surface area contributed by atoms with E-state index in [-0.39, 0.29) is 0 Å². The van der Waals surface area contributed by atoms with E-state index in [0.29, 0.717) is 5.92 Å². The Labute approximate surface area is 75.7 Å². The van der Waals surface area contributed by atoms with Crippen LogP contribution in [0.2, 0.25) is 0 Å². The van der Waals surface area contributed by atoms with Gasteiger partial charge in [0.25, 0.3) is 0 Å². The zero-order valence-corrected chi connectivity index (χ0v) is 8.14. The van der Waals surface area contributed by atoms with Gasteiger partial charge in [-0.3, -0.25) is 0 Å². The lowest BCUT2D eigenvalue weighted by Gasteiger charge is -2.11. The molecule has 0 saturated heterocycles. The Morgan fingerprint density at radius 1 is 1.50 bits per heavy atom. The first kappa shape index (κ1) is 11.0. The van der Waals surface area contributed by atoms with Gasteiger partial charge in [-0.2, -0.15) is 0 Å². The predicted octanol–water partition coefficient (Wildman–Crippen LogP) is 3.01. The molecule has 0 rings (SSSR count). The van der Waals surface area contributed by atoms with Gasteiger partial charge in [0.05, 0.1) is 0 Å². The molecule has 68 valence electrons.